The van der Waals surface area contributed by atoms with Crippen molar-refractivity contribution in [3.63, 3.8) is 0 Å². The van der Waals surface area contributed by atoms with Crippen molar-refractivity contribution in [2.24, 2.45) is 0 Å². The number of esters is 6. The number of carbonyl (C=O) groups is 8. The van der Waals surface area contributed by atoms with E-state index in [0.29, 0.717) is 0 Å². The lowest BCUT2D eigenvalue weighted by atomic mass is 9.94. The number of amides is 2. The number of ether oxygens (including phenoxy) is 9. The van der Waals surface area contributed by atoms with Crippen molar-refractivity contribution in [1.29, 1.82) is 0 Å². The minimum absolute atomic E-state index is 0.683. The van der Waals surface area contributed by atoms with Crippen molar-refractivity contribution in [2.75, 3.05) is 13.2 Å². The zero-order chi connectivity index (χ0) is 40.6. The largest absolute Gasteiger partial charge is 0.463 e. The van der Waals surface area contributed by atoms with Crippen LogP contribution in [0.15, 0.2) is 0 Å². The van der Waals surface area contributed by atoms with Crippen molar-refractivity contribution in [3.05, 3.63) is 0 Å². The average molecular weight is 883 g/mol. The Morgan fingerprint density at radius 3 is 1.21 bits per heavy atom. The van der Waals surface area contributed by atoms with Gasteiger partial charge in [0.05, 0.1) is 0 Å². The zero-order valence-electron chi connectivity index (χ0n) is 28.4. The van der Waals surface area contributed by atoms with Gasteiger partial charge in [-0.25, -0.2) is 0 Å². The molecule has 2 N–H and O–H groups in total. The van der Waals surface area contributed by atoms with Crippen molar-refractivity contribution in [3.8, 4) is 0 Å². The third kappa shape index (κ3) is 14.5. The number of alkyl halides is 6. The molecule has 2 heterocycles. The van der Waals surface area contributed by atoms with E-state index in [9.17, 15) is 38.4 Å². The van der Waals surface area contributed by atoms with Gasteiger partial charge >= 0.3 is 35.8 Å². The van der Waals surface area contributed by atoms with Gasteiger partial charge < -0.3 is 53.3 Å². The highest BCUT2D eigenvalue weighted by atomic mass is 35.6. The first-order valence-electron chi connectivity index (χ1n) is 15.0. The van der Waals surface area contributed by atoms with Crippen LogP contribution in [0.4, 0.5) is 0 Å². The fraction of sp³-hybridized carbons (Fsp3) is 0.714. The Morgan fingerprint density at radius 1 is 0.491 bits per heavy atom. The zero-order valence-corrected chi connectivity index (χ0v) is 32.9. The molecule has 2 fully saturated rings. The van der Waals surface area contributed by atoms with Crippen LogP contribution >= 0.6 is 69.6 Å². The molecule has 0 bridgehead atoms. The minimum Gasteiger partial charge on any atom is -0.463 e. The maximum absolute atomic E-state index is 13.1. The monoisotopic (exact) mass is 880 g/mol. The van der Waals surface area contributed by atoms with E-state index < -0.39 is 130 Å². The molecule has 19 nitrogen and oxygen atoms in total. The molecule has 0 aromatic heterocycles. The maximum Gasteiger partial charge on any atom is 0.305 e. The fourth-order valence-corrected chi connectivity index (χ4v) is 5.27. The number of halogens is 6. The van der Waals surface area contributed by atoms with E-state index in [-0.39, 0.29) is 0 Å². The average Bonchev–Trinajstić information content (AvgIpc) is 2.98. The SMILES string of the molecule is CC(=O)OC[C@H]1O[C@@H](O[C@H]2[C@@H](OC(C)=O)[C@@H](NC(=O)C(Cl)(Cl)Cl)[C@@H](OC(C)=O)O[C@@H]2COC(C)=O)[C@H](NC(=O)C(Cl)(Cl)Cl)[C@H](OC(C)=O)[C@@H]1OC(C)=O. The molecule has 300 valence electrons. The van der Waals surface area contributed by atoms with Gasteiger partial charge in [-0.1, -0.05) is 69.6 Å². The first-order valence-corrected chi connectivity index (χ1v) is 17.3. The van der Waals surface area contributed by atoms with Gasteiger partial charge in [0.25, 0.3) is 19.4 Å². The third-order valence-electron chi connectivity index (χ3n) is 6.78. The van der Waals surface area contributed by atoms with E-state index in [0.717, 1.165) is 41.5 Å². The lowest BCUT2D eigenvalue weighted by molar-refractivity contribution is -0.330. The van der Waals surface area contributed by atoms with Gasteiger partial charge in [-0.3, -0.25) is 38.4 Å². The molecule has 0 radical (unpaired) electrons. The van der Waals surface area contributed by atoms with Gasteiger partial charge in [-0.2, -0.15) is 0 Å². The lowest BCUT2D eigenvalue weighted by Gasteiger charge is -2.49. The van der Waals surface area contributed by atoms with Crippen LogP contribution in [0.25, 0.3) is 0 Å². The smallest absolute Gasteiger partial charge is 0.305 e. The first kappa shape index (κ1) is 46.5. The quantitative estimate of drug-likeness (QED) is 0.158. The summed E-state index contributed by atoms with van der Waals surface area (Å²) in [5.74, 6) is -8.32. The van der Waals surface area contributed by atoms with E-state index in [1.807, 2.05) is 0 Å². The van der Waals surface area contributed by atoms with Crippen molar-refractivity contribution < 1.29 is 81.0 Å². The molecule has 0 spiro atoms. The van der Waals surface area contributed by atoms with Crippen LogP contribution in [0, 0.1) is 0 Å². The van der Waals surface area contributed by atoms with Crippen LogP contribution in [0.5, 0.6) is 0 Å². The summed E-state index contributed by atoms with van der Waals surface area (Å²) in [5, 5.41) is 4.52. The molecule has 2 amide bonds. The highest BCUT2D eigenvalue weighted by molar-refractivity contribution is 6.76. The van der Waals surface area contributed by atoms with Gasteiger partial charge in [-0.05, 0) is 0 Å². The molecule has 2 aliphatic heterocycles. The van der Waals surface area contributed by atoms with Gasteiger partial charge in [0, 0.05) is 41.5 Å². The summed E-state index contributed by atoms with van der Waals surface area (Å²) in [7, 11) is 0. The molecule has 53 heavy (non-hydrogen) atoms. The second-order valence-electron chi connectivity index (χ2n) is 11.1. The highest BCUT2D eigenvalue weighted by Gasteiger charge is 2.57. The molecule has 25 heteroatoms. The Kier molecular flexibility index (Phi) is 17.4. The topological polar surface area (TPSA) is 244 Å². The van der Waals surface area contributed by atoms with Crippen LogP contribution in [-0.2, 0) is 81.0 Å². The number of carbonyl (C=O) groups excluding carboxylic acids is 8. The van der Waals surface area contributed by atoms with Crippen molar-refractivity contribution in [1.82, 2.24) is 10.6 Å². The Morgan fingerprint density at radius 2 is 0.830 bits per heavy atom. The van der Waals surface area contributed by atoms with Crippen LogP contribution in [-0.4, -0.2) is 130 Å². The molecule has 10 atom stereocenters. The van der Waals surface area contributed by atoms with Crippen LogP contribution in [0.3, 0.4) is 0 Å². The van der Waals surface area contributed by atoms with Crippen LogP contribution in [0.1, 0.15) is 41.5 Å². The number of nitrogens with one attached hydrogen (secondary N) is 2. The van der Waals surface area contributed by atoms with E-state index >= 15 is 0 Å². The normalized spacial score (nSPS) is 28.7. The van der Waals surface area contributed by atoms with E-state index in [2.05, 4.69) is 10.6 Å². The molecule has 0 saturated carbocycles. The van der Waals surface area contributed by atoms with Gasteiger partial charge in [-0.15, -0.1) is 0 Å². The summed E-state index contributed by atoms with van der Waals surface area (Å²) in [6.07, 6.45) is -14.0. The summed E-state index contributed by atoms with van der Waals surface area (Å²) in [4.78, 5) is 98.9. The van der Waals surface area contributed by atoms with Gasteiger partial charge in [0.1, 0.15) is 43.6 Å². The second-order valence-corrected chi connectivity index (χ2v) is 15.7. The molecular formula is C28H34Cl6N2O17. The minimum atomic E-state index is -2.67. The summed E-state index contributed by atoms with van der Waals surface area (Å²) < 4.78 is 44.6. The second kappa shape index (κ2) is 19.8. The van der Waals surface area contributed by atoms with Gasteiger partial charge in [0.2, 0.25) is 6.29 Å². The van der Waals surface area contributed by atoms with E-state index in [4.69, 9.17) is 112 Å². The number of rotatable bonds is 12. The summed E-state index contributed by atoms with van der Waals surface area (Å²) in [6.45, 7) is 4.51. The standard InChI is InChI=1S/C28H34Cl6N2O17/c1-9(37)45-7-15-19(47-11(3)39)21(48-12(4)40)18(36-26(44)28(32,33)34)24(52-15)53-20-16(8-46-10(2)38)51-23(50-14(6)42)17(22(20)49-13(5)41)35-25(43)27(29,30)31/h15-24H,7-8H2,1-6H3,(H,35,43)(H,36,44)/t15-,16-,17-,18-,19-,20-,21+,22+,23+,24+/m1/s1. The molecule has 2 rings (SSSR count). The summed E-state index contributed by atoms with van der Waals surface area (Å²) in [5.41, 5.74) is 0. The maximum atomic E-state index is 13.1. The third-order valence-corrected chi connectivity index (χ3v) is 7.81. The molecular weight excluding hydrogens is 849 g/mol. The summed E-state index contributed by atoms with van der Waals surface area (Å²) in [6, 6.07) is -3.58. The Labute approximate surface area is 331 Å². The van der Waals surface area contributed by atoms with E-state index in [1.165, 1.54) is 0 Å². The first-order chi connectivity index (χ1) is 24.3. The van der Waals surface area contributed by atoms with Crippen LogP contribution < -0.4 is 10.6 Å². The Hall–Kier alpha value is -2.62. The molecule has 0 unspecified atom stereocenters. The predicted octanol–water partition coefficient (Wildman–Crippen LogP) is 1.02. The van der Waals surface area contributed by atoms with Crippen molar-refractivity contribution in [2.45, 2.75) is 110 Å². The van der Waals surface area contributed by atoms with E-state index in [1.54, 1.807) is 0 Å². The number of hydrogen-bond acceptors (Lipinski definition) is 17. The predicted molar refractivity (Wildman–Crippen MR) is 178 cm³/mol. The molecule has 2 saturated heterocycles. The van der Waals surface area contributed by atoms with Crippen LogP contribution in [0.2, 0.25) is 0 Å². The highest BCUT2D eigenvalue weighted by Crippen LogP contribution is 2.36. The Bertz CT molecular complexity index is 1410. The fourth-order valence-electron chi connectivity index (χ4n) is 4.94. The Balaban J connectivity index is 2.87. The molecule has 0 aliphatic carbocycles. The number of hydrogen-bond donors (Lipinski definition) is 2. The summed E-state index contributed by atoms with van der Waals surface area (Å²) >= 11 is 34.7. The van der Waals surface area contributed by atoms with Gasteiger partial charge in [0.15, 0.2) is 24.6 Å². The lowest BCUT2D eigenvalue weighted by Crippen LogP contribution is -2.71. The van der Waals surface area contributed by atoms with Crippen molar-refractivity contribution >= 4 is 117 Å². The molecule has 2 aliphatic rings. The molecule has 0 aromatic rings. The molecule has 0 aromatic carbocycles.